The zero-order valence-corrected chi connectivity index (χ0v) is 19.0. The van der Waals surface area contributed by atoms with E-state index in [1.807, 2.05) is 27.5 Å². The van der Waals surface area contributed by atoms with Crippen molar-refractivity contribution in [2.75, 3.05) is 26.2 Å². The molecule has 1 aliphatic rings. The summed E-state index contributed by atoms with van der Waals surface area (Å²) in [7, 11) is 1.71. The molecule has 2 aromatic carbocycles. The Morgan fingerprint density at radius 1 is 1.06 bits per heavy atom. The first-order valence-corrected chi connectivity index (χ1v) is 11.1. The first kappa shape index (κ1) is 20.9. The third kappa shape index (κ3) is 3.52. The number of aromatic nitrogens is 4. The average molecular weight is 469 g/mol. The molecule has 10 heteroatoms. The van der Waals surface area contributed by atoms with Crippen LogP contribution < -0.4 is 5.56 Å². The van der Waals surface area contributed by atoms with Gasteiger partial charge in [-0.2, -0.15) is 0 Å². The minimum Gasteiger partial charge on any atom is -0.336 e. The highest BCUT2D eigenvalue weighted by atomic mass is 35.5. The number of hydrogen-bond acceptors (Lipinski definition) is 5. The SMILES string of the molecule is Cn1c(=O)c2ccccc2n2c(=S)n(CN3CCN(C(=O)c4ccc(Cl)cc4)CC3)nc12. The maximum Gasteiger partial charge on any atom is 0.262 e. The third-order valence-electron chi connectivity index (χ3n) is 5.89. The summed E-state index contributed by atoms with van der Waals surface area (Å²) in [6.45, 7) is 3.13. The van der Waals surface area contributed by atoms with E-state index < -0.39 is 0 Å². The highest BCUT2D eigenvalue weighted by Crippen LogP contribution is 2.16. The van der Waals surface area contributed by atoms with Crippen molar-refractivity contribution < 1.29 is 4.79 Å². The Bertz CT molecular complexity index is 1450. The second kappa shape index (κ2) is 8.16. The summed E-state index contributed by atoms with van der Waals surface area (Å²) >= 11 is 11.6. The lowest BCUT2D eigenvalue weighted by Gasteiger charge is -2.34. The van der Waals surface area contributed by atoms with Crippen LogP contribution in [0.5, 0.6) is 0 Å². The van der Waals surface area contributed by atoms with Crippen LogP contribution in [0.25, 0.3) is 16.7 Å². The normalized spacial score (nSPS) is 15.0. The largest absolute Gasteiger partial charge is 0.336 e. The molecule has 0 atom stereocenters. The summed E-state index contributed by atoms with van der Waals surface area (Å²) in [6, 6.07) is 14.4. The van der Waals surface area contributed by atoms with Gasteiger partial charge in [-0.3, -0.25) is 23.5 Å². The molecule has 1 aliphatic heterocycles. The molecule has 0 saturated carbocycles. The van der Waals surface area contributed by atoms with Crippen molar-refractivity contribution in [1.82, 2.24) is 28.5 Å². The maximum atomic E-state index is 12.7. The molecule has 1 amide bonds. The van der Waals surface area contributed by atoms with Crippen LogP contribution in [-0.2, 0) is 13.7 Å². The van der Waals surface area contributed by atoms with Crippen LogP contribution >= 0.6 is 23.8 Å². The molecule has 1 saturated heterocycles. The molecule has 3 heterocycles. The van der Waals surface area contributed by atoms with Crippen LogP contribution in [0, 0.1) is 4.77 Å². The predicted octanol–water partition coefficient (Wildman–Crippen LogP) is 2.79. The van der Waals surface area contributed by atoms with E-state index in [1.54, 1.807) is 42.1 Å². The van der Waals surface area contributed by atoms with Gasteiger partial charge in [-0.05, 0) is 48.6 Å². The molecule has 5 rings (SSSR count). The van der Waals surface area contributed by atoms with Crippen molar-refractivity contribution in [2.24, 2.45) is 7.05 Å². The van der Waals surface area contributed by atoms with Gasteiger partial charge in [-0.25, -0.2) is 4.68 Å². The number of carbonyl (C=O) groups is 1. The van der Waals surface area contributed by atoms with Gasteiger partial charge in [0.05, 0.1) is 17.6 Å². The Morgan fingerprint density at radius 3 is 2.47 bits per heavy atom. The van der Waals surface area contributed by atoms with Crippen molar-refractivity contribution >= 4 is 46.4 Å². The van der Waals surface area contributed by atoms with Crippen LogP contribution in [-0.4, -0.2) is 60.6 Å². The van der Waals surface area contributed by atoms with E-state index in [1.165, 1.54) is 4.57 Å². The fraction of sp³-hybridized carbons (Fsp3) is 0.273. The molecular weight excluding hydrogens is 448 g/mol. The van der Waals surface area contributed by atoms with E-state index in [9.17, 15) is 9.59 Å². The van der Waals surface area contributed by atoms with Gasteiger partial charge in [0, 0.05) is 43.8 Å². The van der Waals surface area contributed by atoms with Gasteiger partial charge < -0.3 is 4.90 Å². The van der Waals surface area contributed by atoms with E-state index in [2.05, 4.69) is 10.00 Å². The molecule has 0 spiro atoms. The van der Waals surface area contributed by atoms with Crippen molar-refractivity contribution in [3.63, 3.8) is 0 Å². The molecule has 4 aromatic rings. The predicted molar refractivity (Wildman–Crippen MR) is 126 cm³/mol. The number of piperazine rings is 1. The number of amides is 1. The molecule has 0 unspecified atom stereocenters. The number of hydrogen-bond donors (Lipinski definition) is 0. The fourth-order valence-electron chi connectivity index (χ4n) is 4.09. The minimum atomic E-state index is -0.102. The molecule has 32 heavy (non-hydrogen) atoms. The lowest BCUT2D eigenvalue weighted by molar-refractivity contribution is 0.0585. The standard InChI is InChI=1S/C22H21ClN6O2S/c1-25-20(31)17-4-2-3-5-18(17)29-21(25)24-28(22(29)32)14-26-10-12-27(13-11-26)19(30)15-6-8-16(23)9-7-15/h2-9H,10-14H2,1H3. The van der Waals surface area contributed by atoms with Gasteiger partial charge in [-0.1, -0.05) is 23.7 Å². The summed E-state index contributed by atoms with van der Waals surface area (Å²) in [4.78, 5) is 29.5. The molecular formula is C22H21ClN6O2S. The quantitative estimate of drug-likeness (QED) is 0.432. The summed E-state index contributed by atoms with van der Waals surface area (Å²) in [5.74, 6) is 0.516. The van der Waals surface area contributed by atoms with E-state index in [0.29, 0.717) is 59.4 Å². The summed E-state index contributed by atoms with van der Waals surface area (Å²) in [5, 5.41) is 5.85. The Balaban J connectivity index is 1.37. The van der Waals surface area contributed by atoms with Gasteiger partial charge >= 0.3 is 0 Å². The zero-order valence-electron chi connectivity index (χ0n) is 17.4. The summed E-state index contributed by atoms with van der Waals surface area (Å²) in [5.41, 5.74) is 1.29. The Kier molecular flexibility index (Phi) is 5.32. The van der Waals surface area contributed by atoms with Gasteiger partial charge in [0.15, 0.2) is 0 Å². The number of aryl methyl sites for hydroxylation is 1. The molecule has 164 valence electrons. The smallest absolute Gasteiger partial charge is 0.262 e. The van der Waals surface area contributed by atoms with Gasteiger partial charge in [0.2, 0.25) is 10.5 Å². The van der Waals surface area contributed by atoms with Crippen LogP contribution in [0.1, 0.15) is 10.4 Å². The second-order valence-electron chi connectivity index (χ2n) is 7.86. The third-order valence-corrected chi connectivity index (χ3v) is 6.53. The highest BCUT2D eigenvalue weighted by molar-refractivity contribution is 7.71. The summed E-state index contributed by atoms with van der Waals surface area (Å²) in [6.07, 6.45) is 0. The van der Waals surface area contributed by atoms with Crippen LogP contribution in [0.15, 0.2) is 53.3 Å². The van der Waals surface area contributed by atoms with E-state index >= 15 is 0 Å². The van der Waals surface area contributed by atoms with Gasteiger partial charge in [0.25, 0.3) is 11.5 Å². The molecule has 0 N–H and O–H groups in total. The van der Waals surface area contributed by atoms with E-state index in [0.717, 1.165) is 5.52 Å². The lowest BCUT2D eigenvalue weighted by Crippen LogP contribution is -2.49. The molecule has 1 fully saturated rings. The van der Waals surface area contributed by atoms with Crippen molar-refractivity contribution in [3.8, 4) is 0 Å². The number of nitrogens with zero attached hydrogens (tertiary/aromatic N) is 6. The average Bonchev–Trinajstić information content (AvgIpc) is 3.14. The van der Waals surface area contributed by atoms with Crippen molar-refractivity contribution in [3.05, 3.63) is 74.2 Å². The van der Waals surface area contributed by atoms with Crippen molar-refractivity contribution in [1.29, 1.82) is 0 Å². The first-order valence-electron chi connectivity index (χ1n) is 10.3. The monoisotopic (exact) mass is 468 g/mol. The molecule has 2 aromatic heterocycles. The first-order chi connectivity index (χ1) is 15.4. The highest BCUT2D eigenvalue weighted by Gasteiger charge is 2.23. The van der Waals surface area contributed by atoms with Crippen LogP contribution in [0.3, 0.4) is 0 Å². The second-order valence-corrected chi connectivity index (χ2v) is 8.66. The zero-order chi connectivity index (χ0) is 22.4. The number of para-hydroxylation sites is 1. The number of fused-ring (bicyclic) bond motifs is 3. The number of carbonyl (C=O) groups excluding carboxylic acids is 1. The fourth-order valence-corrected chi connectivity index (χ4v) is 4.50. The number of halogens is 1. The molecule has 0 aliphatic carbocycles. The van der Waals surface area contributed by atoms with E-state index in [4.69, 9.17) is 23.8 Å². The van der Waals surface area contributed by atoms with E-state index in [-0.39, 0.29) is 11.5 Å². The van der Waals surface area contributed by atoms with Crippen LogP contribution in [0.4, 0.5) is 0 Å². The molecule has 8 nitrogen and oxygen atoms in total. The maximum absolute atomic E-state index is 12.7. The number of benzene rings is 2. The summed E-state index contributed by atoms with van der Waals surface area (Å²) < 4.78 is 5.64. The minimum absolute atomic E-state index is 0.00660. The van der Waals surface area contributed by atoms with Crippen LogP contribution in [0.2, 0.25) is 5.02 Å². The Morgan fingerprint density at radius 2 is 1.75 bits per heavy atom. The van der Waals surface area contributed by atoms with Gasteiger partial charge in [-0.15, -0.1) is 5.10 Å². The Hall–Kier alpha value is -3.01. The molecule has 0 bridgehead atoms. The lowest BCUT2D eigenvalue weighted by atomic mass is 10.2. The van der Waals surface area contributed by atoms with Gasteiger partial charge in [0.1, 0.15) is 0 Å². The Labute approximate surface area is 193 Å². The van der Waals surface area contributed by atoms with Crippen molar-refractivity contribution in [2.45, 2.75) is 6.67 Å². The topological polar surface area (TPSA) is 67.8 Å². The number of rotatable bonds is 3. The molecule has 0 radical (unpaired) electrons.